The van der Waals surface area contributed by atoms with Crippen molar-refractivity contribution in [3.05, 3.63) is 60.2 Å². The van der Waals surface area contributed by atoms with Crippen molar-refractivity contribution < 1.29 is 13.2 Å². The molecule has 0 bridgehead atoms. The van der Waals surface area contributed by atoms with E-state index in [9.17, 15) is 13.2 Å². The van der Waals surface area contributed by atoms with Crippen molar-refractivity contribution in [3.63, 3.8) is 0 Å². The third kappa shape index (κ3) is 3.35. The molecule has 0 saturated carbocycles. The molecule has 8 heteroatoms. The van der Waals surface area contributed by atoms with Gasteiger partial charge < -0.3 is 15.1 Å². The van der Waals surface area contributed by atoms with Crippen LogP contribution in [0.25, 0.3) is 0 Å². The zero-order chi connectivity index (χ0) is 20.7. The average Bonchev–Trinajstić information content (AvgIpc) is 3.47. The maximum atomic E-state index is 13.3. The van der Waals surface area contributed by atoms with Gasteiger partial charge in [-0.25, -0.2) is 0 Å². The third-order valence-corrected chi connectivity index (χ3v) is 7.39. The highest BCUT2D eigenvalue weighted by Crippen LogP contribution is 2.32. The Morgan fingerprint density at radius 3 is 2.60 bits per heavy atom. The van der Waals surface area contributed by atoms with Gasteiger partial charge in [0.15, 0.2) is 5.84 Å². The van der Waals surface area contributed by atoms with E-state index in [-0.39, 0.29) is 22.9 Å². The highest BCUT2D eigenvalue weighted by molar-refractivity contribution is 7.90. The van der Waals surface area contributed by atoms with E-state index in [1.54, 1.807) is 18.2 Å². The number of benzene rings is 2. The number of rotatable bonds is 3. The Kier molecular flexibility index (Phi) is 4.73. The number of carbonyl (C=O) groups is 1. The fourth-order valence-corrected chi connectivity index (χ4v) is 5.85. The Hall–Kier alpha value is -2.87. The number of carbonyl (C=O) groups excluding carboxylic acids is 1. The number of para-hydroxylation sites is 1. The first-order valence-corrected chi connectivity index (χ1v) is 11.8. The van der Waals surface area contributed by atoms with Crippen molar-refractivity contribution in [2.75, 3.05) is 25.0 Å². The number of amidine groups is 1. The van der Waals surface area contributed by atoms with Crippen molar-refractivity contribution in [2.24, 2.45) is 4.40 Å². The summed E-state index contributed by atoms with van der Waals surface area (Å²) in [6.07, 6.45) is 2.45. The number of nitrogens with zero attached hydrogens (tertiary/aromatic N) is 3. The van der Waals surface area contributed by atoms with E-state index < -0.39 is 10.0 Å². The van der Waals surface area contributed by atoms with Crippen LogP contribution in [0.2, 0.25) is 0 Å². The molecule has 1 N–H and O–H groups in total. The molecule has 0 spiro atoms. The SMILES string of the molecule is O=C([C@@H]1CCCN1C1=NS(=O)(=O)c2ccccc21)N1CCC(Nc2ccccc2)C1. The van der Waals surface area contributed by atoms with E-state index in [4.69, 9.17) is 0 Å². The number of anilines is 1. The Bertz CT molecular complexity index is 1100. The van der Waals surface area contributed by atoms with Gasteiger partial charge in [-0.15, -0.1) is 4.40 Å². The molecule has 0 aliphatic carbocycles. The summed E-state index contributed by atoms with van der Waals surface area (Å²) in [5, 5.41) is 3.50. The van der Waals surface area contributed by atoms with Gasteiger partial charge in [0, 0.05) is 36.9 Å². The molecule has 3 aliphatic rings. The van der Waals surface area contributed by atoms with Gasteiger partial charge in [-0.3, -0.25) is 4.79 Å². The number of nitrogens with one attached hydrogen (secondary N) is 1. The Morgan fingerprint density at radius 1 is 1.00 bits per heavy atom. The predicted octanol–water partition coefficient (Wildman–Crippen LogP) is 2.31. The number of likely N-dealkylation sites (tertiary alicyclic amines) is 2. The van der Waals surface area contributed by atoms with Crippen LogP contribution in [0, 0.1) is 0 Å². The summed E-state index contributed by atoms with van der Waals surface area (Å²) in [5.74, 6) is 0.481. The summed E-state index contributed by atoms with van der Waals surface area (Å²) in [7, 11) is -3.69. The molecule has 3 heterocycles. The van der Waals surface area contributed by atoms with Crippen LogP contribution in [0.4, 0.5) is 5.69 Å². The van der Waals surface area contributed by atoms with Gasteiger partial charge in [0.25, 0.3) is 10.0 Å². The smallest absolute Gasteiger partial charge is 0.285 e. The molecule has 1 amide bonds. The van der Waals surface area contributed by atoms with Crippen molar-refractivity contribution in [3.8, 4) is 0 Å². The molecule has 1 unspecified atom stereocenters. The summed E-state index contributed by atoms with van der Waals surface area (Å²) < 4.78 is 28.9. The van der Waals surface area contributed by atoms with Crippen LogP contribution < -0.4 is 5.32 Å². The summed E-state index contributed by atoms with van der Waals surface area (Å²) in [6, 6.07) is 16.7. The zero-order valence-electron chi connectivity index (χ0n) is 16.6. The van der Waals surface area contributed by atoms with E-state index >= 15 is 0 Å². The molecule has 5 rings (SSSR count). The minimum absolute atomic E-state index is 0.0642. The second kappa shape index (κ2) is 7.43. The lowest BCUT2D eigenvalue weighted by Crippen LogP contribution is -2.47. The number of hydrogen-bond acceptors (Lipinski definition) is 5. The van der Waals surface area contributed by atoms with Crippen LogP contribution >= 0.6 is 0 Å². The maximum Gasteiger partial charge on any atom is 0.285 e. The number of fused-ring (bicyclic) bond motifs is 1. The molecule has 2 aromatic rings. The summed E-state index contributed by atoms with van der Waals surface area (Å²) in [4.78, 5) is 17.4. The van der Waals surface area contributed by atoms with Crippen molar-refractivity contribution in [2.45, 2.75) is 36.2 Å². The molecule has 2 saturated heterocycles. The standard InChI is InChI=1S/C22H24N4O3S/c27-22(25-14-12-17(15-25)23-16-7-2-1-3-8-16)19-10-6-13-26(19)21-18-9-4-5-11-20(18)30(28,29)24-21/h1-5,7-9,11,17,19,23H,6,10,12-15H2/t17?,19-/m0/s1. The normalized spacial score (nSPS) is 24.6. The van der Waals surface area contributed by atoms with Gasteiger partial charge in [-0.1, -0.05) is 30.3 Å². The average molecular weight is 425 g/mol. The molecule has 2 fully saturated rings. The lowest BCUT2D eigenvalue weighted by atomic mass is 10.1. The van der Waals surface area contributed by atoms with Crippen molar-refractivity contribution >= 4 is 27.5 Å². The predicted molar refractivity (Wildman–Crippen MR) is 115 cm³/mol. The fourth-order valence-electron chi connectivity index (χ4n) is 4.63. The molecule has 0 radical (unpaired) electrons. The largest absolute Gasteiger partial charge is 0.380 e. The molecule has 0 aromatic heterocycles. The van der Waals surface area contributed by atoms with Crippen LogP contribution in [-0.4, -0.2) is 61.7 Å². The van der Waals surface area contributed by atoms with Crippen molar-refractivity contribution in [1.82, 2.24) is 9.80 Å². The number of hydrogen-bond donors (Lipinski definition) is 1. The quantitative estimate of drug-likeness (QED) is 0.818. The fraction of sp³-hybridized carbons (Fsp3) is 0.364. The molecule has 3 aliphatic heterocycles. The first-order chi connectivity index (χ1) is 14.5. The molecular formula is C22H24N4O3S. The van der Waals surface area contributed by atoms with E-state index in [0.717, 1.165) is 18.5 Å². The highest BCUT2D eigenvalue weighted by atomic mass is 32.2. The molecule has 156 valence electrons. The monoisotopic (exact) mass is 424 g/mol. The first-order valence-electron chi connectivity index (χ1n) is 10.3. The van der Waals surface area contributed by atoms with E-state index in [0.29, 0.717) is 37.5 Å². The zero-order valence-corrected chi connectivity index (χ0v) is 17.4. The first kappa shape index (κ1) is 19.1. The minimum atomic E-state index is -3.69. The Labute approximate surface area is 176 Å². The number of sulfonamides is 1. The second-order valence-electron chi connectivity index (χ2n) is 8.02. The van der Waals surface area contributed by atoms with E-state index in [1.165, 1.54) is 0 Å². The van der Waals surface area contributed by atoms with Gasteiger partial charge in [0.05, 0.1) is 0 Å². The van der Waals surface area contributed by atoms with Crippen LogP contribution in [0.3, 0.4) is 0 Å². The van der Waals surface area contributed by atoms with Gasteiger partial charge in [-0.05, 0) is 43.5 Å². The summed E-state index contributed by atoms with van der Waals surface area (Å²) in [6.45, 7) is 1.99. The van der Waals surface area contributed by atoms with Crippen LogP contribution in [0.15, 0.2) is 63.9 Å². The van der Waals surface area contributed by atoms with Gasteiger partial charge >= 0.3 is 0 Å². The van der Waals surface area contributed by atoms with Gasteiger partial charge in [-0.2, -0.15) is 8.42 Å². The van der Waals surface area contributed by atoms with Gasteiger partial charge in [0.1, 0.15) is 10.9 Å². The summed E-state index contributed by atoms with van der Waals surface area (Å²) >= 11 is 0. The van der Waals surface area contributed by atoms with E-state index in [1.807, 2.05) is 46.2 Å². The van der Waals surface area contributed by atoms with Crippen LogP contribution in [0.1, 0.15) is 24.8 Å². The van der Waals surface area contributed by atoms with Gasteiger partial charge in [0.2, 0.25) is 5.91 Å². The molecular weight excluding hydrogens is 400 g/mol. The highest BCUT2D eigenvalue weighted by Gasteiger charge is 2.41. The second-order valence-corrected chi connectivity index (χ2v) is 9.59. The minimum Gasteiger partial charge on any atom is -0.380 e. The Morgan fingerprint density at radius 2 is 1.77 bits per heavy atom. The van der Waals surface area contributed by atoms with Crippen LogP contribution in [-0.2, 0) is 14.8 Å². The third-order valence-electron chi connectivity index (χ3n) is 6.07. The molecule has 2 aromatic carbocycles. The molecule has 7 nitrogen and oxygen atoms in total. The molecule has 30 heavy (non-hydrogen) atoms. The molecule has 2 atom stereocenters. The lowest BCUT2D eigenvalue weighted by Gasteiger charge is -2.29. The lowest BCUT2D eigenvalue weighted by molar-refractivity contribution is -0.133. The van der Waals surface area contributed by atoms with Crippen LogP contribution in [0.5, 0.6) is 0 Å². The number of amides is 1. The Balaban J connectivity index is 1.32. The maximum absolute atomic E-state index is 13.3. The van der Waals surface area contributed by atoms with Crippen molar-refractivity contribution in [1.29, 1.82) is 0 Å². The topological polar surface area (TPSA) is 82.1 Å². The van der Waals surface area contributed by atoms with E-state index in [2.05, 4.69) is 9.71 Å². The summed E-state index contributed by atoms with van der Waals surface area (Å²) in [5.41, 5.74) is 1.66.